The summed E-state index contributed by atoms with van der Waals surface area (Å²) >= 11 is 6.29. The van der Waals surface area contributed by atoms with Crippen LogP contribution in [0.25, 0.3) is 11.3 Å². The zero-order chi connectivity index (χ0) is 24.5. The standard InChI is InChI=1S/C24H29ClN6O3/c1-24(2,33)17-7-9-31(10-8-17)22(32)15-5-6-19(20(11-15)34-4)28-23-26-13-18(25)21(29-23)16-12-27-30(3)14-16/h5-6,11-14,17,33H,7-10H2,1-4H3,(H,26,28,29). The summed E-state index contributed by atoms with van der Waals surface area (Å²) in [7, 11) is 3.37. The summed E-state index contributed by atoms with van der Waals surface area (Å²) in [5, 5.41) is 18.0. The first-order valence-corrected chi connectivity index (χ1v) is 11.5. The van der Waals surface area contributed by atoms with E-state index in [0.717, 1.165) is 18.4 Å². The van der Waals surface area contributed by atoms with Gasteiger partial charge in [-0.1, -0.05) is 11.6 Å². The SMILES string of the molecule is COc1cc(C(=O)N2CCC(C(C)(C)O)CC2)ccc1Nc1ncc(Cl)c(-c2cnn(C)c2)n1. The number of aliphatic hydroxyl groups is 1. The van der Waals surface area contributed by atoms with Gasteiger partial charge in [0.1, 0.15) is 5.75 Å². The second-order valence-electron chi connectivity index (χ2n) is 9.05. The zero-order valence-electron chi connectivity index (χ0n) is 19.7. The van der Waals surface area contributed by atoms with Gasteiger partial charge < -0.3 is 20.1 Å². The molecule has 2 N–H and O–H groups in total. The van der Waals surface area contributed by atoms with Crippen LogP contribution in [0.15, 0.2) is 36.8 Å². The molecule has 1 fully saturated rings. The highest BCUT2D eigenvalue weighted by molar-refractivity contribution is 6.32. The Kier molecular flexibility index (Phi) is 6.77. The van der Waals surface area contributed by atoms with Gasteiger partial charge in [0.25, 0.3) is 5.91 Å². The van der Waals surface area contributed by atoms with Gasteiger partial charge in [0.2, 0.25) is 5.95 Å². The molecule has 9 nitrogen and oxygen atoms in total. The molecule has 1 aliphatic heterocycles. The second-order valence-corrected chi connectivity index (χ2v) is 9.46. The lowest BCUT2D eigenvalue weighted by atomic mass is 9.83. The molecule has 0 aliphatic carbocycles. The van der Waals surface area contributed by atoms with Crippen LogP contribution in [0.4, 0.5) is 11.6 Å². The van der Waals surface area contributed by atoms with E-state index in [-0.39, 0.29) is 11.8 Å². The van der Waals surface area contributed by atoms with Crippen molar-refractivity contribution in [1.29, 1.82) is 0 Å². The van der Waals surface area contributed by atoms with Crippen molar-refractivity contribution < 1.29 is 14.6 Å². The first kappa shape index (κ1) is 24.0. The van der Waals surface area contributed by atoms with Crippen LogP contribution in [0.2, 0.25) is 5.02 Å². The van der Waals surface area contributed by atoms with Crippen LogP contribution >= 0.6 is 11.6 Å². The predicted octanol–water partition coefficient (Wildman–Crippen LogP) is 3.91. The van der Waals surface area contributed by atoms with E-state index < -0.39 is 5.60 Å². The third kappa shape index (κ3) is 5.15. The van der Waals surface area contributed by atoms with Crippen molar-refractivity contribution in [3.8, 4) is 17.0 Å². The van der Waals surface area contributed by atoms with Crippen LogP contribution < -0.4 is 10.1 Å². The lowest BCUT2D eigenvalue weighted by molar-refractivity contribution is -0.0108. The topological polar surface area (TPSA) is 105 Å². The number of methoxy groups -OCH3 is 1. The van der Waals surface area contributed by atoms with Crippen LogP contribution in [0.1, 0.15) is 37.0 Å². The number of piperidine rings is 1. The molecule has 3 aromatic rings. The lowest BCUT2D eigenvalue weighted by Crippen LogP contribution is -2.44. The number of nitrogens with zero attached hydrogens (tertiary/aromatic N) is 5. The molecule has 0 spiro atoms. The summed E-state index contributed by atoms with van der Waals surface area (Å²) in [6.45, 7) is 4.89. The van der Waals surface area contributed by atoms with E-state index in [1.807, 2.05) is 32.0 Å². The first-order valence-electron chi connectivity index (χ1n) is 11.1. The molecule has 34 heavy (non-hydrogen) atoms. The number of aromatic nitrogens is 4. The van der Waals surface area contributed by atoms with Crippen molar-refractivity contribution in [3.63, 3.8) is 0 Å². The van der Waals surface area contributed by atoms with Crippen LogP contribution in [0.3, 0.4) is 0 Å². The fourth-order valence-electron chi connectivity index (χ4n) is 4.19. The highest BCUT2D eigenvalue weighted by atomic mass is 35.5. The predicted molar refractivity (Wildman–Crippen MR) is 130 cm³/mol. The fraction of sp³-hybridized carbons (Fsp3) is 0.417. The second kappa shape index (κ2) is 9.60. The van der Waals surface area contributed by atoms with E-state index in [4.69, 9.17) is 16.3 Å². The van der Waals surface area contributed by atoms with Crippen molar-refractivity contribution in [2.45, 2.75) is 32.3 Å². The maximum Gasteiger partial charge on any atom is 0.253 e. The maximum absolute atomic E-state index is 13.1. The van der Waals surface area contributed by atoms with E-state index >= 15 is 0 Å². The smallest absolute Gasteiger partial charge is 0.253 e. The number of hydrogen-bond acceptors (Lipinski definition) is 7. The Balaban J connectivity index is 1.50. The Bertz CT molecular complexity index is 1180. The summed E-state index contributed by atoms with van der Waals surface area (Å²) < 4.78 is 7.21. The van der Waals surface area contributed by atoms with E-state index in [1.54, 1.807) is 36.2 Å². The number of carbonyl (C=O) groups is 1. The van der Waals surface area contributed by atoms with Crippen molar-refractivity contribution in [3.05, 3.63) is 47.4 Å². The van der Waals surface area contributed by atoms with Gasteiger partial charge in [0, 0.05) is 37.5 Å². The number of rotatable bonds is 6. The van der Waals surface area contributed by atoms with Gasteiger partial charge in [-0.3, -0.25) is 9.48 Å². The summed E-state index contributed by atoms with van der Waals surface area (Å²) in [5.74, 6) is 0.974. The van der Waals surface area contributed by atoms with Crippen molar-refractivity contribution in [2.24, 2.45) is 13.0 Å². The number of likely N-dealkylation sites (tertiary alicyclic amines) is 1. The Labute approximate surface area is 203 Å². The molecule has 0 unspecified atom stereocenters. The summed E-state index contributed by atoms with van der Waals surface area (Å²) in [6, 6.07) is 5.25. The number of anilines is 2. The third-order valence-electron chi connectivity index (χ3n) is 6.20. The first-order chi connectivity index (χ1) is 16.2. The van der Waals surface area contributed by atoms with E-state index in [1.165, 1.54) is 6.20 Å². The molecule has 3 heterocycles. The minimum atomic E-state index is -0.730. The number of benzene rings is 1. The Morgan fingerprint density at radius 3 is 2.62 bits per heavy atom. The molecule has 1 aliphatic rings. The molecule has 180 valence electrons. The monoisotopic (exact) mass is 484 g/mol. The normalized spacial score (nSPS) is 14.8. The molecule has 1 saturated heterocycles. The number of ether oxygens (including phenoxy) is 1. The number of amides is 1. The number of nitrogens with one attached hydrogen (secondary N) is 1. The highest BCUT2D eigenvalue weighted by Crippen LogP contribution is 2.32. The molecule has 0 radical (unpaired) electrons. The molecule has 10 heteroatoms. The van der Waals surface area contributed by atoms with Gasteiger partial charge in [-0.25, -0.2) is 9.97 Å². The number of aryl methyl sites for hydroxylation is 1. The summed E-state index contributed by atoms with van der Waals surface area (Å²) in [4.78, 5) is 23.7. The molecule has 2 aromatic heterocycles. The van der Waals surface area contributed by atoms with Gasteiger partial charge in [0.15, 0.2) is 0 Å². The van der Waals surface area contributed by atoms with Gasteiger partial charge in [-0.2, -0.15) is 5.10 Å². The summed E-state index contributed by atoms with van der Waals surface area (Å²) in [6.07, 6.45) is 6.59. The van der Waals surface area contributed by atoms with Crippen molar-refractivity contribution in [1.82, 2.24) is 24.6 Å². The maximum atomic E-state index is 13.1. The molecule has 0 atom stereocenters. The molecule has 1 aromatic carbocycles. The quantitative estimate of drug-likeness (QED) is 0.546. The summed E-state index contributed by atoms with van der Waals surface area (Å²) in [5.41, 5.74) is 1.77. The Hall–Kier alpha value is -3.17. The largest absolute Gasteiger partial charge is 0.495 e. The van der Waals surface area contributed by atoms with E-state index in [0.29, 0.717) is 46.8 Å². The molecular formula is C24H29ClN6O3. The number of carbonyl (C=O) groups excluding carboxylic acids is 1. The highest BCUT2D eigenvalue weighted by Gasteiger charge is 2.32. The van der Waals surface area contributed by atoms with E-state index in [9.17, 15) is 9.90 Å². The molecule has 4 rings (SSSR count). The van der Waals surface area contributed by atoms with Gasteiger partial charge in [-0.05, 0) is 50.8 Å². The van der Waals surface area contributed by atoms with E-state index in [2.05, 4.69) is 20.4 Å². The fourth-order valence-corrected chi connectivity index (χ4v) is 4.39. The average molecular weight is 485 g/mol. The van der Waals surface area contributed by atoms with Crippen LogP contribution in [0, 0.1) is 5.92 Å². The number of hydrogen-bond donors (Lipinski definition) is 2. The average Bonchev–Trinajstić information content (AvgIpc) is 3.25. The Morgan fingerprint density at radius 2 is 2.00 bits per heavy atom. The molecule has 0 bridgehead atoms. The molecule has 1 amide bonds. The number of halogens is 1. The van der Waals surface area contributed by atoms with Gasteiger partial charge >= 0.3 is 0 Å². The lowest BCUT2D eigenvalue weighted by Gasteiger charge is -2.37. The molecular weight excluding hydrogens is 456 g/mol. The van der Waals surface area contributed by atoms with Crippen LogP contribution in [0.5, 0.6) is 5.75 Å². The van der Waals surface area contributed by atoms with Crippen molar-refractivity contribution in [2.75, 3.05) is 25.5 Å². The van der Waals surface area contributed by atoms with Gasteiger partial charge in [-0.15, -0.1) is 0 Å². The van der Waals surface area contributed by atoms with Crippen LogP contribution in [-0.4, -0.2) is 61.5 Å². The van der Waals surface area contributed by atoms with Crippen LogP contribution in [-0.2, 0) is 7.05 Å². The third-order valence-corrected chi connectivity index (χ3v) is 6.48. The minimum Gasteiger partial charge on any atom is -0.495 e. The zero-order valence-corrected chi connectivity index (χ0v) is 20.5. The molecule has 0 saturated carbocycles. The Morgan fingerprint density at radius 1 is 1.26 bits per heavy atom. The minimum absolute atomic E-state index is 0.0550. The van der Waals surface area contributed by atoms with Crippen molar-refractivity contribution >= 4 is 29.1 Å². The van der Waals surface area contributed by atoms with Gasteiger partial charge in [0.05, 0.1) is 41.5 Å².